The summed E-state index contributed by atoms with van der Waals surface area (Å²) >= 11 is 1.69. The Morgan fingerprint density at radius 2 is 2.29 bits per heavy atom. The zero-order valence-corrected chi connectivity index (χ0v) is 10.8. The van der Waals surface area contributed by atoms with Crippen LogP contribution in [0.1, 0.15) is 19.4 Å². The lowest BCUT2D eigenvalue weighted by Gasteiger charge is -2.16. The molecule has 1 aromatic rings. The van der Waals surface area contributed by atoms with E-state index < -0.39 is 0 Å². The van der Waals surface area contributed by atoms with Crippen LogP contribution < -0.4 is 4.74 Å². The highest BCUT2D eigenvalue weighted by Gasteiger charge is 2.24. The monoisotopic (exact) mass is 256 g/mol. The molecule has 0 saturated carbocycles. The highest BCUT2D eigenvalue weighted by atomic mass is 32.2. The summed E-state index contributed by atoms with van der Waals surface area (Å²) in [6, 6.07) is 4.65. The van der Waals surface area contributed by atoms with E-state index >= 15 is 0 Å². The van der Waals surface area contributed by atoms with Crippen LogP contribution in [-0.2, 0) is 6.42 Å². The van der Waals surface area contributed by atoms with Gasteiger partial charge in [-0.3, -0.25) is 0 Å². The van der Waals surface area contributed by atoms with Gasteiger partial charge in [0, 0.05) is 23.0 Å². The molecular formula is C13H17FO2S. The lowest BCUT2D eigenvalue weighted by molar-refractivity contribution is 0.196. The van der Waals surface area contributed by atoms with Crippen LogP contribution in [0.2, 0.25) is 0 Å². The quantitative estimate of drug-likeness (QED) is 0.898. The van der Waals surface area contributed by atoms with Crippen molar-refractivity contribution in [2.24, 2.45) is 0 Å². The van der Waals surface area contributed by atoms with E-state index in [9.17, 15) is 9.50 Å². The van der Waals surface area contributed by atoms with Crippen molar-refractivity contribution in [2.45, 2.75) is 37.7 Å². The molecule has 0 aliphatic carbocycles. The normalized spacial score (nSPS) is 21.8. The number of aliphatic hydroxyl groups is 1. The zero-order valence-electron chi connectivity index (χ0n) is 10.0. The first-order chi connectivity index (χ1) is 8.06. The number of halogens is 1. The SMILES string of the molecule is CC(O)C(C)SCC1Cc2cc(F)ccc2O1. The van der Waals surface area contributed by atoms with Gasteiger partial charge in [0.2, 0.25) is 0 Å². The van der Waals surface area contributed by atoms with Crippen LogP contribution in [0.4, 0.5) is 4.39 Å². The Balaban J connectivity index is 1.88. The number of aliphatic hydroxyl groups excluding tert-OH is 1. The van der Waals surface area contributed by atoms with Crippen LogP contribution in [0.5, 0.6) is 5.75 Å². The predicted octanol–water partition coefficient (Wildman–Crippen LogP) is 2.63. The molecule has 3 unspecified atom stereocenters. The van der Waals surface area contributed by atoms with Crippen molar-refractivity contribution < 1.29 is 14.2 Å². The average molecular weight is 256 g/mol. The summed E-state index contributed by atoms with van der Waals surface area (Å²) in [6.45, 7) is 3.79. The average Bonchev–Trinajstić information content (AvgIpc) is 2.67. The minimum atomic E-state index is -0.318. The van der Waals surface area contributed by atoms with Gasteiger partial charge < -0.3 is 9.84 Å². The number of hydrogen-bond donors (Lipinski definition) is 1. The highest BCUT2D eigenvalue weighted by molar-refractivity contribution is 7.99. The van der Waals surface area contributed by atoms with Crippen LogP contribution in [0, 0.1) is 5.82 Å². The van der Waals surface area contributed by atoms with E-state index in [1.54, 1.807) is 24.8 Å². The first-order valence-corrected chi connectivity index (χ1v) is 6.86. The van der Waals surface area contributed by atoms with Crippen LogP contribution in [0.3, 0.4) is 0 Å². The maximum absolute atomic E-state index is 13.0. The maximum Gasteiger partial charge on any atom is 0.123 e. The first-order valence-electron chi connectivity index (χ1n) is 5.81. The molecule has 94 valence electrons. The van der Waals surface area contributed by atoms with E-state index in [4.69, 9.17) is 4.74 Å². The Kier molecular flexibility index (Phi) is 3.94. The number of fused-ring (bicyclic) bond motifs is 1. The summed E-state index contributed by atoms with van der Waals surface area (Å²) in [5, 5.41) is 9.59. The molecule has 2 rings (SSSR count). The number of benzene rings is 1. The maximum atomic E-state index is 13.0. The number of rotatable bonds is 4. The summed E-state index contributed by atoms with van der Waals surface area (Å²) < 4.78 is 18.7. The van der Waals surface area contributed by atoms with Crippen LogP contribution >= 0.6 is 11.8 Å². The molecule has 0 radical (unpaired) electrons. The smallest absolute Gasteiger partial charge is 0.123 e. The minimum absolute atomic E-state index is 0.0954. The third-order valence-corrected chi connectivity index (χ3v) is 4.47. The van der Waals surface area contributed by atoms with Crippen LogP contribution in [0.15, 0.2) is 18.2 Å². The second-order valence-corrected chi connectivity index (χ2v) is 5.89. The van der Waals surface area contributed by atoms with Gasteiger partial charge in [-0.05, 0) is 25.1 Å². The highest BCUT2D eigenvalue weighted by Crippen LogP contribution is 2.31. The third-order valence-electron chi connectivity index (χ3n) is 2.99. The van der Waals surface area contributed by atoms with Gasteiger partial charge >= 0.3 is 0 Å². The molecule has 1 aromatic carbocycles. The summed E-state index contributed by atoms with van der Waals surface area (Å²) in [7, 11) is 0. The second-order valence-electron chi connectivity index (χ2n) is 4.48. The number of ether oxygens (including phenoxy) is 1. The molecule has 1 heterocycles. The van der Waals surface area contributed by atoms with Gasteiger partial charge in [0.25, 0.3) is 0 Å². The molecule has 0 aromatic heterocycles. The van der Waals surface area contributed by atoms with E-state index in [-0.39, 0.29) is 23.3 Å². The van der Waals surface area contributed by atoms with E-state index in [0.717, 1.165) is 23.5 Å². The number of thioether (sulfide) groups is 1. The van der Waals surface area contributed by atoms with Gasteiger partial charge in [0.1, 0.15) is 17.7 Å². The molecule has 3 atom stereocenters. The first kappa shape index (κ1) is 12.7. The summed E-state index contributed by atoms with van der Waals surface area (Å²) in [5.74, 6) is 1.40. The van der Waals surface area contributed by atoms with Gasteiger partial charge in [0.15, 0.2) is 0 Å². The van der Waals surface area contributed by atoms with Gasteiger partial charge in [-0.15, -0.1) is 0 Å². The van der Waals surface area contributed by atoms with Gasteiger partial charge in [-0.2, -0.15) is 11.8 Å². The Morgan fingerprint density at radius 1 is 1.53 bits per heavy atom. The summed E-state index contributed by atoms with van der Waals surface area (Å²) in [5.41, 5.74) is 0.945. The Morgan fingerprint density at radius 3 is 3.00 bits per heavy atom. The summed E-state index contributed by atoms with van der Waals surface area (Å²) in [4.78, 5) is 0. The molecular weight excluding hydrogens is 239 g/mol. The molecule has 17 heavy (non-hydrogen) atoms. The Labute approximate surface area is 105 Å². The van der Waals surface area contributed by atoms with E-state index in [1.807, 2.05) is 6.92 Å². The Bertz CT molecular complexity index is 395. The van der Waals surface area contributed by atoms with Crippen molar-refractivity contribution in [1.29, 1.82) is 0 Å². The van der Waals surface area contributed by atoms with Gasteiger partial charge in [-0.25, -0.2) is 4.39 Å². The lowest BCUT2D eigenvalue weighted by Crippen LogP contribution is -2.22. The standard InChI is InChI=1S/C13H17FO2S/c1-8(15)9(2)17-7-12-6-10-5-11(14)3-4-13(10)16-12/h3-5,8-9,12,15H,6-7H2,1-2H3. The fourth-order valence-electron chi connectivity index (χ4n) is 1.78. The molecule has 0 fully saturated rings. The second kappa shape index (κ2) is 5.27. The van der Waals surface area contributed by atoms with E-state index in [1.165, 1.54) is 12.1 Å². The van der Waals surface area contributed by atoms with E-state index in [0.29, 0.717) is 0 Å². The molecule has 1 aliphatic heterocycles. The predicted molar refractivity (Wildman–Crippen MR) is 68.1 cm³/mol. The third kappa shape index (κ3) is 3.13. The van der Waals surface area contributed by atoms with Gasteiger partial charge in [0.05, 0.1) is 6.10 Å². The van der Waals surface area contributed by atoms with Crippen molar-refractivity contribution in [3.63, 3.8) is 0 Å². The molecule has 1 N–H and O–H groups in total. The molecule has 2 nitrogen and oxygen atoms in total. The van der Waals surface area contributed by atoms with Gasteiger partial charge in [-0.1, -0.05) is 6.92 Å². The van der Waals surface area contributed by atoms with Crippen molar-refractivity contribution in [3.05, 3.63) is 29.6 Å². The molecule has 0 amide bonds. The summed E-state index contributed by atoms with van der Waals surface area (Å²) in [6.07, 6.45) is 0.534. The molecule has 4 heteroatoms. The van der Waals surface area contributed by atoms with Crippen molar-refractivity contribution >= 4 is 11.8 Å². The molecule has 0 spiro atoms. The van der Waals surface area contributed by atoms with Crippen LogP contribution in [-0.4, -0.2) is 28.3 Å². The number of hydrogen-bond acceptors (Lipinski definition) is 3. The zero-order chi connectivity index (χ0) is 12.4. The van der Waals surface area contributed by atoms with Crippen molar-refractivity contribution in [1.82, 2.24) is 0 Å². The minimum Gasteiger partial charge on any atom is -0.489 e. The molecule has 0 bridgehead atoms. The Hall–Kier alpha value is -0.740. The fourth-order valence-corrected chi connectivity index (χ4v) is 2.76. The van der Waals surface area contributed by atoms with Crippen molar-refractivity contribution in [2.75, 3.05) is 5.75 Å². The van der Waals surface area contributed by atoms with Crippen LogP contribution in [0.25, 0.3) is 0 Å². The van der Waals surface area contributed by atoms with E-state index in [2.05, 4.69) is 0 Å². The lowest BCUT2D eigenvalue weighted by atomic mass is 10.1. The topological polar surface area (TPSA) is 29.5 Å². The largest absolute Gasteiger partial charge is 0.489 e. The molecule has 1 aliphatic rings. The fraction of sp³-hybridized carbons (Fsp3) is 0.538. The van der Waals surface area contributed by atoms with Crippen molar-refractivity contribution in [3.8, 4) is 5.75 Å². The molecule has 0 saturated heterocycles.